The second-order valence-electron chi connectivity index (χ2n) is 9.62. The first-order chi connectivity index (χ1) is 19.1. The van der Waals surface area contributed by atoms with Crippen molar-refractivity contribution in [3.63, 3.8) is 0 Å². The van der Waals surface area contributed by atoms with Gasteiger partial charge in [-0.3, -0.25) is 10.1 Å². The lowest BCUT2D eigenvalue weighted by molar-refractivity contribution is -0.383. The van der Waals surface area contributed by atoms with Crippen molar-refractivity contribution in [1.82, 2.24) is 4.90 Å². The average molecular weight is 582 g/mol. The molecule has 0 atom stereocenters. The number of anilines is 3. The molecule has 0 saturated carbocycles. The Kier molecular flexibility index (Phi) is 7.63. The molecule has 12 heteroatoms. The maximum atomic E-state index is 14.0. The lowest BCUT2D eigenvalue weighted by atomic mass is 9.88. The van der Waals surface area contributed by atoms with Gasteiger partial charge in [-0.05, 0) is 79.4 Å². The van der Waals surface area contributed by atoms with Crippen LogP contribution in [-0.4, -0.2) is 38.7 Å². The predicted octanol–water partition coefficient (Wildman–Crippen LogP) is 6.63. The summed E-state index contributed by atoms with van der Waals surface area (Å²) in [6.45, 7) is 2.88. The SMILES string of the molecule is Cc1ccc(NC(=S)Nc2ccc3c(c2)C=CC2(CCN(C(=S)Nc4c(F)cccc4F)CC2)O3)c([N+](=O)[O-])c1. The van der Waals surface area contributed by atoms with Gasteiger partial charge in [0, 0.05) is 43.2 Å². The Hall–Kier alpha value is -4.16. The number of fused-ring (bicyclic) bond motifs is 1. The molecule has 2 aliphatic rings. The number of halogens is 2. The Morgan fingerprint density at radius 3 is 2.45 bits per heavy atom. The second kappa shape index (κ2) is 11.1. The molecular weight excluding hydrogens is 556 g/mol. The molecule has 206 valence electrons. The van der Waals surface area contributed by atoms with Gasteiger partial charge < -0.3 is 25.6 Å². The zero-order valence-electron chi connectivity index (χ0n) is 21.4. The number of nitro groups is 1. The van der Waals surface area contributed by atoms with Gasteiger partial charge in [-0.25, -0.2) is 8.78 Å². The highest BCUT2D eigenvalue weighted by molar-refractivity contribution is 7.80. The van der Waals surface area contributed by atoms with E-state index in [9.17, 15) is 18.9 Å². The van der Waals surface area contributed by atoms with Crippen molar-refractivity contribution in [2.24, 2.45) is 0 Å². The van der Waals surface area contributed by atoms with Crippen molar-refractivity contribution in [1.29, 1.82) is 0 Å². The van der Waals surface area contributed by atoms with E-state index in [2.05, 4.69) is 16.0 Å². The van der Waals surface area contributed by atoms with Gasteiger partial charge in [0.2, 0.25) is 0 Å². The predicted molar refractivity (Wildman–Crippen MR) is 160 cm³/mol. The largest absolute Gasteiger partial charge is 0.482 e. The van der Waals surface area contributed by atoms with Gasteiger partial charge >= 0.3 is 0 Å². The maximum Gasteiger partial charge on any atom is 0.292 e. The van der Waals surface area contributed by atoms with Crippen LogP contribution in [0.5, 0.6) is 5.75 Å². The van der Waals surface area contributed by atoms with Crippen LogP contribution in [-0.2, 0) is 0 Å². The van der Waals surface area contributed by atoms with Gasteiger partial charge in [-0.15, -0.1) is 0 Å². The Morgan fingerprint density at radius 2 is 1.75 bits per heavy atom. The lowest BCUT2D eigenvalue weighted by Crippen LogP contribution is -2.50. The molecule has 1 spiro atoms. The van der Waals surface area contributed by atoms with Gasteiger partial charge in [0.05, 0.1) is 4.92 Å². The highest BCUT2D eigenvalue weighted by atomic mass is 32.1. The van der Waals surface area contributed by atoms with Crippen LogP contribution >= 0.6 is 24.4 Å². The van der Waals surface area contributed by atoms with Crippen molar-refractivity contribution in [3.05, 3.63) is 93.5 Å². The molecule has 3 aromatic rings. The number of nitro benzene ring substituents is 1. The fourth-order valence-corrected chi connectivity index (χ4v) is 5.20. The van der Waals surface area contributed by atoms with E-state index in [0.29, 0.717) is 43.1 Å². The zero-order valence-corrected chi connectivity index (χ0v) is 23.0. The average Bonchev–Trinajstić information content (AvgIpc) is 2.92. The number of benzene rings is 3. The maximum absolute atomic E-state index is 14.0. The van der Waals surface area contributed by atoms with Crippen molar-refractivity contribution in [2.75, 3.05) is 29.0 Å². The summed E-state index contributed by atoms with van der Waals surface area (Å²) in [5.41, 5.74) is 1.80. The number of nitrogens with one attached hydrogen (secondary N) is 3. The third-order valence-electron chi connectivity index (χ3n) is 6.84. The fourth-order valence-electron chi connectivity index (χ4n) is 4.69. The van der Waals surface area contributed by atoms with E-state index in [1.807, 2.05) is 35.3 Å². The van der Waals surface area contributed by atoms with E-state index in [1.165, 1.54) is 24.3 Å². The van der Waals surface area contributed by atoms with Crippen molar-refractivity contribution in [2.45, 2.75) is 25.4 Å². The van der Waals surface area contributed by atoms with E-state index >= 15 is 0 Å². The van der Waals surface area contributed by atoms with Crippen LogP contribution in [0.1, 0.15) is 24.0 Å². The zero-order chi connectivity index (χ0) is 28.4. The molecule has 0 unspecified atom stereocenters. The number of nitrogens with zero attached hydrogens (tertiary/aromatic N) is 2. The Balaban J connectivity index is 1.19. The van der Waals surface area contributed by atoms with Crippen LogP contribution in [0.2, 0.25) is 0 Å². The number of thiocarbonyl (C=S) groups is 2. The third-order valence-corrected chi connectivity index (χ3v) is 7.40. The first-order valence-electron chi connectivity index (χ1n) is 12.5. The second-order valence-corrected chi connectivity index (χ2v) is 10.4. The van der Waals surface area contributed by atoms with Crippen molar-refractivity contribution < 1.29 is 18.4 Å². The molecule has 0 radical (unpaired) electrons. The molecule has 2 aliphatic heterocycles. The molecule has 8 nitrogen and oxygen atoms in total. The number of ether oxygens (including phenoxy) is 1. The summed E-state index contributed by atoms with van der Waals surface area (Å²) < 4.78 is 34.4. The van der Waals surface area contributed by atoms with Gasteiger partial charge in [0.25, 0.3) is 5.69 Å². The van der Waals surface area contributed by atoms with Crippen LogP contribution in [0.15, 0.2) is 60.7 Å². The lowest BCUT2D eigenvalue weighted by Gasteiger charge is -2.42. The monoisotopic (exact) mass is 581 g/mol. The Labute approximate surface area is 240 Å². The highest BCUT2D eigenvalue weighted by Gasteiger charge is 2.37. The van der Waals surface area contributed by atoms with Crippen molar-refractivity contribution in [3.8, 4) is 5.75 Å². The molecule has 3 N–H and O–H groups in total. The number of para-hydroxylation sites is 1. The molecule has 3 aromatic carbocycles. The van der Waals surface area contributed by atoms with Crippen LogP contribution in [0.4, 0.5) is 31.5 Å². The number of hydrogen-bond donors (Lipinski definition) is 3. The van der Waals surface area contributed by atoms with Crippen LogP contribution in [0, 0.1) is 28.7 Å². The van der Waals surface area contributed by atoms with E-state index in [0.717, 1.165) is 11.1 Å². The first-order valence-corrected chi connectivity index (χ1v) is 13.3. The molecule has 0 aromatic heterocycles. The minimum absolute atomic E-state index is 0.0572. The molecular formula is C28H25F2N5O3S2. The van der Waals surface area contributed by atoms with E-state index in [-0.39, 0.29) is 21.6 Å². The normalized spacial score (nSPS) is 15.1. The molecule has 0 bridgehead atoms. The molecule has 1 fully saturated rings. The number of aryl methyl sites for hydroxylation is 1. The number of likely N-dealkylation sites (tertiary alicyclic amines) is 1. The van der Waals surface area contributed by atoms with Crippen LogP contribution < -0.4 is 20.7 Å². The van der Waals surface area contributed by atoms with E-state index in [1.54, 1.807) is 19.1 Å². The third kappa shape index (κ3) is 5.87. The highest BCUT2D eigenvalue weighted by Crippen LogP contribution is 2.38. The van der Waals surface area contributed by atoms with Crippen LogP contribution in [0.25, 0.3) is 6.08 Å². The number of piperidine rings is 1. The summed E-state index contributed by atoms with van der Waals surface area (Å²) in [5.74, 6) is -0.690. The Morgan fingerprint density at radius 1 is 1.02 bits per heavy atom. The standard InChI is InChI=1S/C28H25F2N5O3S2/c1-17-5-7-22(23(15-17)35(36)37)32-26(39)31-19-6-8-24-18(16-19)9-10-28(38-24)11-13-34(14-12-28)27(40)33-25-20(29)3-2-4-21(25)30/h2-10,15-16H,11-14H2,1H3,(H,33,40)(H2,31,32,39). The minimum atomic E-state index is -0.701. The number of hydrogen-bond acceptors (Lipinski definition) is 5. The molecule has 1 saturated heterocycles. The first kappa shape index (κ1) is 27.4. The molecule has 40 heavy (non-hydrogen) atoms. The van der Waals surface area contributed by atoms with E-state index in [4.69, 9.17) is 29.2 Å². The fraction of sp³-hybridized carbons (Fsp3) is 0.214. The summed E-state index contributed by atoms with van der Waals surface area (Å²) in [7, 11) is 0. The smallest absolute Gasteiger partial charge is 0.292 e. The van der Waals surface area contributed by atoms with E-state index < -0.39 is 22.2 Å². The summed E-state index contributed by atoms with van der Waals surface area (Å²) in [5, 5.41) is 20.5. The summed E-state index contributed by atoms with van der Waals surface area (Å²) in [4.78, 5) is 12.8. The molecule has 0 amide bonds. The Bertz CT molecular complexity index is 1520. The summed E-state index contributed by atoms with van der Waals surface area (Å²) >= 11 is 10.8. The number of rotatable bonds is 4. The minimum Gasteiger partial charge on any atom is -0.482 e. The van der Waals surface area contributed by atoms with Gasteiger partial charge in [-0.1, -0.05) is 18.2 Å². The molecule has 0 aliphatic carbocycles. The van der Waals surface area contributed by atoms with Gasteiger partial charge in [0.1, 0.15) is 34.4 Å². The summed E-state index contributed by atoms with van der Waals surface area (Å²) in [6.07, 6.45) is 5.28. The quantitative estimate of drug-likeness (QED) is 0.178. The topological polar surface area (TPSA) is 91.7 Å². The molecule has 2 heterocycles. The summed E-state index contributed by atoms with van der Waals surface area (Å²) in [6, 6.07) is 14.1. The van der Waals surface area contributed by atoms with Gasteiger partial charge in [-0.2, -0.15) is 0 Å². The molecule has 5 rings (SSSR count). The van der Waals surface area contributed by atoms with Gasteiger partial charge in [0.15, 0.2) is 10.2 Å². The van der Waals surface area contributed by atoms with Crippen molar-refractivity contribution >= 4 is 63.5 Å². The van der Waals surface area contributed by atoms with Crippen LogP contribution in [0.3, 0.4) is 0 Å².